The second-order valence-electron chi connectivity index (χ2n) is 7.15. The van der Waals surface area contributed by atoms with Crippen molar-refractivity contribution in [3.8, 4) is 11.5 Å². The lowest BCUT2D eigenvalue weighted by atomic mass is 9.88. The molecule has 0 radical (unpaired) electrons. The highest BCUT2D eigenvalue weighted by molar-refractivity contribution is 5.30. The van der Waals surface area contributed by atoms with Crippen molar-refractivity contribution in [3.05, 3.63) is 78.4 Å². The molecule has 0 saturated heterocycles. The molecule has 0 N–H and O–H groups in total. The number of aryl methyl sites for hydroxylation is 2. The van der Waals surface area contributed by atoms with E-state index in [1.807, 2.05) is 30.9 Å². The number of ether oxygens (including phenoxy) is 2. The third-order valence-corrected chi connectivity index (χ3v) is 5.31. The van der Waals surface area contributed by atoms with Crippen molar-refractivity contribution in [1.82, 2.24) is 9.55 Å². The van der Waals surface area contributed by atoms with Gasteiger partial charge in [0.1, 0.15) is 11.5 Å². The highest BCUT2D eigenvalue weighted by Crippen LogP contribution is 2.29. The van der Waals surface area contributed by atoms with Gasteiger partial charge >= 0.3 is 0 Å². The van der Waals surface area contributed by atoms with Gasteiger partial charge in [-0.2, -0.15) is 0 Å². The molecule has 1 aromatic heterocycles. The molecule has 1 heterocycles. The molecule has 4 nitrogen and oxygen atoms in total. The molecule has 0 fully saturated rings. The van der Waals surface area contributed by atoms with Gasteiger partial charge in [0.25, 0.3) is 0 Å². The molecule has 0 spiro atoms. The first-order valence-corrected chi connectivity index (χ1v) is 10.0. The quantitative estimate of drug-likeness (QED) is 0.414. The van der Waals surface area contributed by atoms with Gasteiger partial charge in [-0.05, 0) is 67.0 Å². The number of hydrogen-bond donors (Lipinski definition) is 0. The van der Waals surface area contributed by atoms with Crippen molar-refractivity contribution in [2.45, 2.75) is 44.6 Å². The molecule has 0 saturated carbocycles. The van der Waals surface area contributed by atoms with Gasteiger partial charge in [0.2, 0.25) is 0 Å². The van der Waals surface area contributed by atoms with Gasteiger partial charge in [-0.1, -0.05) is 30.7 Å². The molecular weight excluding hydrogens is 348 g/mol. The first-order chi connectivity index (χ1) is 13.8. The largest absolute Gasteiger partial charge is 0.497 e. The van der Waals surface area contributed by atoms with Crippen LogP contribution in [0.4, 0.5) is 0 Å². The first-order valence-electron chi connectivity index (χ1n) is 10.0. The number of methoxy groups -OCH3 is 2. The number of aromatic nitrogens is 2. The summed E-state index contributed by atoms with van der Waals surface area (Å²) in [7, 11) is 3.42. The van der Waals surface area contributed by atoms with E-state index in [-0.39, 0.29) is 0 Å². The summed E-state index contributed by atoms with van der Waals surface area (Å²) in [5.41, 5.74) is 2.76. The summed E-state index contributed by atoms with van der Waals surface area (Å²) >= 11 is 0. The molecule has 0 aliphatic carbocycles. The summed E-state index contributed by atoms with van der Waals surface area (Å²) in [5.74, 6) is 2.38. The Labute approximate surface area is 168 Å². The van der Waals surface area contributed by atoms with E-state index in [1.165, 1.54) is 30.4 Å². The summed E-state index contributed by atoms with van der Waals surface area (Å²) in [6, 6.07) is 17.0. The molecule has 28 heavy (non-hydrogen) atoms. The van der Waals surface area contributed by atoms with Crippen LogP contribution in [0.5, 0.6) is 11.5 Å². The Kier molecular flexibility index (Phi) is 7.53. The normalized spacial score (nSPS) is 11.9. The third kappa shape index (κ3) is 5.88. The van der Waals surface area contributed by atoms with Crippen LogP contribution in [0.25, 0.3) is 0 Å². The standard InChI is InChI=1S/C24H30N2O2/c1-27-23-12-7-20(8-13-23)6-9-21(22-10-14-24(28-2)15-11-22)5-3-4-17-26-18-16-25-19-26/h7-8,10-16,18-19,21H,3-6,9,17H2,1-2H3. The van der Waals surface area contributed by atoms with E-state index in [1.54, 1.807) is 14.2 Å². The molecule has 0 aliphatic rings. The number of rotatable bonds is 11. The zero-order chi connectivity index (χ0) is 19.6. The molecule has 3 aromatic rings. The van der Waals surface area contributed by atoms with Crippen molar-refractivity contribution in [2.75, 3.05) is 14.2 Å². The predicted octanol–water partition coefficient (Wildman–Crippen LogP) is 5.49. The van der Waals surface area contributed by atoms with Gasteiger partial charge in [0, 0.05) is 18.9 Å². The van der Waals surface area contributed by atoms with Crippen LogP contribution in [0.1, 0.15) is 42.7 Å². The Bertz CT molecular complexity index is 796. The van der Waals surface area contributed by atoms with Crippen molar-refractivity contribution >= 4 is 0 Å². The van der Waals surface area contributed by atoms with Crippen molar-refractivity contribution in [2.24, 2.45) is 0 Å². The molecule has 3 rings (SSSR count). The summed E-state index contributed by atoms with van der Waals surface area (Å²) in [6.45, 7) is 1.04. The maximum absolute atomic E-state index is 5.32. The predicted molar refractivity (Wildman–Crippen MR) is 113 cm³/mol. The van der Waals surface area contributed by atoms with Crippen LogP contribution in [0.3, 0.4) is 0 Å². The number of nitrogens with zero attached hydrogens (tertiary/aromatic N) is 2. The summed E-state index contributed by atoms with van der Waals surface area (Å²) < 4.78 is 12.7. The van der Waals surface area contributed by atoms with E-state index in [0.717, 1.165) is 30.9 Å². The summed E-state index contributed by atoms with van der Waals surface area (Å²) in [5, 5.41) is 0. The molecule has 2 aromatic carbocycles. The first kappa shape index (κ1) is 20.0. The lowest BCUT2D eigenvalue weighted by Gasteiger charge is -2.18. The van der Waals surface area contributed by atoms with Crippen LogP contribution < -0.4 is 9.47 Å². The summed E-state index contributed by atoms with van der Waals surface area (Å²) in [6.07, 6.45) is 11.6. The zero-order valence-corrected chi connectivity index (χ0v) is 16.9. The minimum Gasteiger partial charge on any atom is -0.497 e. The average Bonchev–Trinajstić information content (AvgIpc) is 3.27. The highest BCUT2D eigenvalue weighted by Gasteiger charge is 2.12. The third-order valence-electron chi connectivity index (χ3n) is 5.31. The van der Waals surface area contributed by atoms with Crippen molar-refractivity contribution in [3.63, 3.8) is 0 Å². The van der Waals surface area contributed by atoms with E-state index in [9.17, 15) is 0 Å². The van der Waals surface area contributed by atoms with Crippen LogP contribution in [-0.4, -0.2) is 23.8 Å². The monoisotopic (exact) mass is 378 g/mol. The molecule has 0 aliphatic heterocycles. The van der Waals surface area contributed by atoms with E-state index in [0.29, 0.717) is 5.92 Å². The maximum atomic E-state index is 5.32. The Morgan fingerprint density at radius 2 is 1.54 bits per heavy atom. The van der Waals surface area contributed by atoms with E-state index >= 15 is 0 Å². The van der Waals surface area contributed by atoms with E-state index in [4.69, 9.17) is 9.47 Å². The molecular formula is C24H30N2O2. The lowest BCUT2D eigenvalue weighted by Crippen LogP contribution is -2.03. The molecule has 0 amide bonds. The Morgan fingerprint density at radius 3 is 2.14 bits per heavy atom. The smallest absolute Gasteiger partial charge is 0.118 e. The Morgan fingerprint density at radius 1 is 0.857 bits per heavy atom. The second-order valence-corrected chi connectivity index (χ2v) is 7.15. The van der Waals surface area contributed by atoms with E-state index in [2.05, 4.69) is 45.9 Å². The van der Waals surface area contributed by atoms with Crippen LogP contribution >= 0.6 is 0 Å². The van der Waals surface area contributed by atoms with Gasteiger partial charge < -0.3 is 14.0 Å². The minimum absolute atomic E-state index is 0.552. The number of imidazole rings is 1. The topological polar surface area (TPSA) is 36.3 Å². The fourth-order valence-electron chi connectivity index (χ4n) is 3.59. The van der Waals surface area contributed by atoms with Gasteiger partial charge in [-0.3, -0.25) is 0 Å². The molecule has 1 atom stereocenters. The molecule has 0 bridgehead atoms. The van der Waals surface area contributed by atoms with Crippen LogP contribution in [0, 0.1) is 0 Å². The highest BCUT2D eigenvalue weighted by atomic mass is 16.5. The summed E-state index contributed by atoms with van der Waals surface area (Å²) in [4.78, 5) is 4.12. The SMILES string of the molecule is COc1ccc(CCC(CCCCn2ccnc2)c2ccc(OC)cc2)cc1. The number of hydrogen-bond acceptors (Lipinski definition) is 3. The fraction of sp³-hybridized carbons (Fsp3) is 0.375. The molecule has 4 heteroatoms. The molecule has 1 unspecified atom stereocenters. The lowest BCUT2D eigenvalue weighted by molar-refractivity contribution is 0.414. The number of benzene rings is 2. The Hall–Kier alpha value is -2.75. The Balaban J connectivity index is 1.58. The van der Waals surface area contributed by atoms with E-state index < -0.39 is 0 Å². The average molecular weight is 379 g/mol. The minimum atomic E-state index is 0.552. The zero-order valence-electron chi connectivity index (χ0n) is 16.9. The molecule has 148 valence electrons. The number of unbranched alkanes of at least 4 members (excludes halogenated alkanes) is 1. The van der Waals surface area contributed by atoms with Gasteiger partial charge in [-0.15, -0.1) is 0 Å². The van der Waals surface area contributed by atoms with Crippen LogP contribution in [0.2, 0.25) is 0 Å². The van der Waals surface area contributed by atoms with Gasteiger partial charge in [0.15, 0.2) is 0 Å². The van der Waals surface area contributed by atoms with Gasteiger partial charge in [0.05, 0.1) is 20.5 Å². The fourth-order valence-corrected chi connectivity index (χ4v) is 3.59. The second kappa shape index (κ2) is 10.5. The van der Waals surface area contributed by atoms with Crippen molar-refractivity contribution < 1.29 is 9.47 Å². The van der Waals surface area contributed by atoms with Crippen LogP contribution in [0.15, 0.2) is 67.3 Å². The van der Waals surface area contributed by atoms with Crippen molar-refractivity contribution in [1.29, 1.82) is 0 Å². The van der Waals surface area contributed by atoms with Crippen LogP contribution in [-0.2, 0) is 13.0 Å². The maximum Gasteiger partial charge on any atom is 0.118 e. The van der Waals surface area contributed by atoms with Gasteiger partial charge in [-0.25, -0.2) is 4.98 Å².